The molecule has 6 nitrogen and oxygen atoms in total. The zero-order valence-electron chi connectivity index (χ0n) is 14.5. The van der Waals surface area contributed by atoms with Crippen molar-refractivity contribution < 1.29 is 9.32 Å². The minimum absolute atomic E-state index is 0.201. The number of hydrogen-bond acceptors (Lipinski definition) is 4. The molecule has 1 aromatic heterocycles. The van der Waals surface area contributed by atoms with E-state index in [1.807, 2.05) is 6.07 Å². The van der Waals surface area contributed by atoms with Crippen LogP contribution >= 0.6 is 0 Å². The highest BCUT2D eigenvalue weighted by atomic mass is 16.5. The summed E-state index contributed by atoms with van der Waals surface area (Å²) in [6.45, 7) is 4.17. The van der Waals surface area contributed by atoms with Crippen LogP contribution in [-0.2, 0) is 19.6 Å². The number of amides is 2. The second kappa shape index (κ2) is 9.22. The van der Waals surface area contributed by atoms with Gasteiger partial charge in [-0.1, -0.05) is 42.3 Å². The van der Waals surface area contributed by atoms with E-state index in [4.69, 9.17) is 4.52 Å². The van der Waals surface area contributed by atoms with E-state index in [0.29, 0.717) is 18.8 Å². The molecule has 0 aliphatic carbocycles. The first-order valence-electron chi connectivity index (χ1n) is 9.01. The quantitative estimate of drug-likeness (QED) is 0.846. The smallest absolute Gasteiger partial charge is 0.315 e. The fourth-order valence-electron chi connectivity index (χ4n) is 3.16. The van der Waals surface area contributed by atoms with Crippen molar-refractivity contribution >= 4 is 6.03 Å². The average Bonchev–Trinajstić information content (AvgIpc) is 3.03. The predicted molar refractivity (Wildman–Crippen MR) is 95.8 cm³/mol. The highest BCUT2D eigenvalue weighted by Crippen LogP contribution is 2.16. The van der Waals surface area contributed by atoms with Crippen LogP contribution in [0.1, 0.15) is 42.5 Å². The molecular weight excluding hydrogens is 316 g/mol. The fourth-order valence-corrected chi connectivity index (χ4v) is 3.16. The van der Waals surface area contributed by atoms with Crippen molar-refractivity contribution in [2.75, 3.05) is 13.1 Å². The molecular formula is C19H26N4O2. The summed E-state index contributed by atoms with van der Waals surface area (Å²) < 4.78 is 4.75. The molecule has 2 amide bonds. The van der Waals surface area contributed by atoms with Gasteiger partial charge in [0, 0.05) is 19.2 Å². The lowest BCUT2D eigenvalue weighted by molar-refractivity contribution is 0.239. The molecule has 1 saturated heterocycles. The molecule has 2 N–H and O–H groups in total. The fraction of sp³-hybridized carbons (Fsp3) is 0.474. The Labute approximate surface area is 148 Å². The highest BCUT2D eigenvalue weighted by molar-refractivity contribution is 5.73. The van der Waals surface area contributed by atoms with Gasteiger partial charge >= 0.3 is 6.03 Å². The third-order valence-corrected chi connectivity index (χ3v) is 4.57. The minimum Gasteiger partial charge on any atom is -0.364 e. The molecule has 3 rings (SSSR count). The van der Waals surface area contributed by atoms with Crippen molar-refractivity contribution in [2.45, 2.75) is 45.3 Å². The molecule has 0 saturated carbocycles. The Hall–Kier alpha value is -2.34. The van der Waals surface area contributed by atoms with Crippen LogP contribution in [0.25, 0.3) is 0 Å². The van der Waals surface area contributed by atoms with Crippen LogP contribution in [0.2, 0.25) is 0 Å². The Morgan fingerprint density at radius 3 is 2.44 bits per heavy atom. The largest absolute Gasteiger partial charge is 0.364 e. The Bertz CT molecular complexity index is 649. The van der Waals surface area contributed by atoms with Crippen LogP contribution in [0.15, 0.2) is 41.1 Å². The number of hydrogen-bond donors (Lipinski definition) is 2. The minimum atomic E-state index is -0.201. The third-order valence-electron chi connectivity index (χ3n) is 4.57. The molecule has 0 radical (unpaired) electrons. The lowest BCUT2D eigenvalue weighted by Crippen LogP contribution is -2.35. The maximum Gasteiger partial charge on any atom is 0.315 e. The number of carbonyl (C=O) groups excluding carboxylic acids is 1. The monoisotopic (exact) mass is 342 g/mol. The normalized spacial score (nSPS) is 15.5. The summed E-state index contributed by atoms with van der Waals surface area (Å²) in [5.41, 5.74) is 3.17. The molecule has 2 heterocycles. The molecule has 25 heavy (non-hydrogen) atoms. The van der Waals surface area contributed by atoms with Crippen molar-refractivity contribution in [2.24, 2.45) is 0 Å². The second-order valence-electron chi connectivity index (χ2n) is 6.49. The van der Waals surface area contributed by atoms with Crippen LogP contribution in [0.4, 0.5) is 4.79 Å². The zero-order chi connectivity index (χ0) is 17.3. The average molecular weight is 342 g/mol. The summed E-state index contributed by atoms with van der Waals surface area (Å²) in [5, 5.41) is 9.48. The lowest BCUT2D eigenvalue weighted by Gasteiger charge is -2.21. The number of nitrogens with one attached hydrogen (secondary N) is 2. The molecule has 0 unspecified atom stereocenters. The van der Waals surface area contributed by atoms with E-state index in [1.165, 1.54) is 56.2 Å². The lowest BCUT2D eigenvalue weighted by atomic mass is 10.1. The van der Waals surface area contributed by atoms with Gasteiger partial charge in [0.2, 0.25) is 0 Å². The molecule has 1 fully saturated rings. The van der Waals surface area contributed by atoms with E-state index in [1.54, 1.807) is 6.07 Å². The van der Waals surface area contributed by atoms with Gasteiger partial charge in [-0.2, -0.15) is 0 Å². The molecule has 0 bridgehead atoms. The molecule has 0 spiro atoms. The van der Waals surface area contributed by atoms with Crippen molar-refractivity contribution in [3.63, 3.8) is 0 Å². The number of likely N-dealkylation sites (tertiary alicyclic amines) is 1. The van der Waals surface area contributed by atoms with Crippen LogP contribution in [0.3, 0.4) is 0 Å². The Balaban J connectivity index is 1.50. The van der Waals surface area contributed by atoms with Gasteiger partial charge in [0.25, 0.3) is 0 Å². The van der Waals surface area contributed by atoms with E-state index >= 15 is 0 Å². The summed E-state index contributed by atoms with van der Waals surface area (Å²) >= 11 is 0. The summed E-state index contributed by atoms with van der Waals surface area (Å²) in [7, 11) is 0. The Morgan fingerprint density at radius 1 is 1.00 bits per heavy atom. The molecule has 6 heteroatoms. The maximum absolute atomic E-state index is 12.0. The SMILES string of the molecule is O=C(NCc1ccon1)NCc1ccccc1CN1CCCCCC1. The number of urea groups is 1. The van der Waals surface area contributed by atoms with E-state index in [2.05, 4.69) is 38.9 Å². The number of rotatable bonds is 6. The van der Waals surface area contributed by atoms with Crippen LogP contribution in [0.5, 0.6) is 0 Å². The first kappa shape index (κ1) is 17.5. The van der Waals surface area contributed by atoms with Gasteiger partial charge in [-0.3, -0.25) is 4.90 Å². The van der Waals surface area contributed by atoms with E-state index in [9.17, 15) is 4.79 Å². The number of nitrogens with zero attached hydrogens (tertiary/aromatic N) is 2. The number of carbonyl (C=O) groups is 1. The van der Waals surface area contributed by atoms with Gasteiger partial charge < -0.3 is 15.2 Å². The summed E-state index contributed by atoms with van der Waals surface area (Å²) in [6.07, 6.45) is 6.74. The third kappa shape index (κ3) is 5.60. The topological polar surface area (TPSA) is 70.4 Å². The van der Waals surface area contributed by atoms with Crippen LogP contribution in [-0.4, -0.2) is 29.2 Å². The van der Waals surface area contributed by atoms with E-state index < -0.39 is 0 Å². The first-order chi connectivity index (χ1) is 12.3. The second-order valence-corrected chi connectivity index (χ2v) is 6.49. The van der Waals surface area contributed by atoms with Crippen molar-refractivity contribution in [3.05, 3.63) is 53.4 Å². The van der Waals surface area contributed by atoms with E-state index in [-0.39, 0.29) is 6.03 Å². The van der Waals surface area contributed by atoms with Gasteiger partial charge in [-0.05, 0) is 37.1 Å². The van der Waals surface area contributed by atoms with Crippen molar-refractivity contribution in [3.8, 4) is 0 Å². The maximum atomic E-state index is 12.0. The Morgan fingerprint density at radius 2 is 1.72 bits per heavy atom. The predicted octanol–water partition coefficient (Wildman–Crippen LogP) is 3.05. The molecule has 1 aliphatic heterocycles. The molecule has 1 aliphatic rings. The van der Waals surface area contributed by atoms with Gasteiger partial charge in [0.1, 0.15) is 12.0 Å². The van der Waals surface area contributed by atoms with Crippen molar-refractivity contribution in [1.82, 2.24) is 20.7 Å². The van der Waals surface area contributed by atoms with Crippen molar-refractivity contribution in [1.29, 1.82) is 0 Å². The summed E-state index contributed by atoms with van der Waals surface area (Å²) in [6, 6.07) is 9.88. The summed E-state index contributed by atoms with van der Waals surface area (Å²) in [4.78, 5) is 14.5. The van der Waals surface area contributed by atoms with Gasteiger partial charge in [0.15, 0.2) is 0 Å². The molecule has 1 aromatic carbocycles. The Kier molecular flexibility index (Phi) is 6.45. The standard InChI is InChI=1S/C19H26N4O2/c24-19(21-14-18-9-12-25-22-18)20-13-16-7-3-4-8-17(16)15-23-10-5-1-2-6-11-23/h3-4,7-9,12H,1-2,5-6,10-11,13-15H2,(H2,20,21,24). The van der Waals surface area contributed by atoms with Gasteiger partial charge in [-0.15, -0.1) is 0 Å². The first-order valence-corrected chi connectivity index (χ1v) is 9.01. The molecule has 134 valence electrons. The summed E-state index contributed by atoms with van der Waals surface area (Å²) in [5.74, 6) is 0. The van der Waals surface area contributed by atoms with Gasteiger partial charge in [-0.25, -0.2) is 4.79 Å². The van der Waals surface area contributed by atoms with Crippen LogP contribution < -0.4 is 10.6 Å². The zero-order valence-corrected chi connectivity index (χ0v) is 14.5. The highest BCUT2D eigenvalue weighted by Gasteiger charge is 2.12. The van der Waals surface area contributed by atoms with E-state index in [0.717, 1.165) is 6.54 Å². The molecule has 0 atom stereocenters. The van der Waals surface area contributed by atoms with Crippen LogP contribution in [0, 0.1) is 0 Å². The molecule has 2 aromatic rings. The number of aromatic nitrogens is 1. The number of benzene rings is 1. The van der Waals surface area contributed by atoms with Gasteiger partial charge in [0.05, 0.1) is 6.54 Å².